The minimum Gasteiger partial charge on any atom is -0.355 e. The van der Waals surface area contributed by atoms with Gasteiger partial charge in [-0.2, -0.15) is 21.0 Å². The minimum absolute atomic E-state index is 0. The van der Waals surface area contributed by atoms with Crippen LogP contribution < -0.4 is 0 Å². The van der Waals surface area contributed by atoms with Gasteiger partial charge >= 0.3 is 0 Å². The zero-order valence-electron chi connectivity index (χ0n) is 16.7. The summed E-state index contributed by atoms with van der Waals surface area (Å²) in [6, 6.07) is 18.8. The van der Waals surface area contributed by atoms with E-state index in [4.69, 9.17) is 0 Å². The van der Waals surface area contributed by atoms with Gasteiger partial charge in [-0.05, 0) is 48.6 Å². The number of H-pyrrole nitrogens is 2. The van der Waals surface area contributed by atoms with Crippen molar-refractivity contribution in [2.24, 2.45) is 0 Å². The number of rotatable bonds is 0. The quantitative estimate of drug-likeness (QED) is 0.371. The second kappa shape index (κ2) is 8.31. The summed E-state index contributed by atoms with van der Waals surface area (Å²) in [5, 5.41) is 39.0. The Morgan fingerprint density at radius 2 is 1.36 bits per heavy atom. The van der Waals surface area contributed by atoms with E-state index in [0.29, 0.717) is 16.9 Å². The van der Waals surface area contributed by atoms with Gasteiger partial charge in [0, 0.05) is 33.6 Å². The first-order valence-corrected chi connectivity index (χ1v) is 9.42. The summed E-state index contributed by atoms with van der Waals surface area (Å²) in [6.07, 6.45) is 3.61. The monoisotopic (exact) mass is 466 g/mol. The predicted octanol–water partition coefficient (Wildman–Crippen LogP) is 4.18. The van der Waals surface area contributed by atoms with Crippen LogP contribution in [-0.2, 0) is 17.1 Å². The molecule has 0 saturated carbocycles. The maximum absolute atomic E-state index is 9.92. The fraction of sp³-hybridized carbons (Fsp3) is 0. The van der Waals surface area contributed by atoms with Crippen LogP contribution in [0.15, 0.2) is 36.4 Å². The van der Waals surface area contributed by atoms with Crippen LogP contribution in [0.4, 0.5) is 0 Å². The summed E-state index contributed by atoms with van der Waals surface area (Å²) in [7, 11) is 0. The SMILES string of the molecule is N#CC1=C(C#N)c2nc1cc1nc(cc3ccc(cc4cc(C#N)c([nH]4)c2C#N)[nH]3)C=C1.[Fe]. The van der Waals surface area contributed by atoms with Crippen LogP contribution in [0.2, 0.25) is 0 Å². The third kappa shape index (κ3) is 3.57. The molecule has 2 N–H and O–H groups in total. The zero-order chi connectivity index (χ0) is 22.2. The molecule has 3 aromatic rings. The van der Waals surface area contributed by atoms with Crippen molar-refractivity contribution in [3.63, 3.8) is 0 Å². The van der Waals surface area contributed by atoms with Crippen LogP contribution >= 0.6 is 0 Å². The predicted molar refractivity (Wildman–Crippen MR) is 117 cm³/mol. The third-order valence-corrected chi connectivity index (χ3v) is 5.07. The second-order valence-electron chi connectivity index (χ2n) is 7.03. The number of nitrogens with zero attached hydrogens (tertiary/aromatic N) is 6. The first kappa shape index (κ1) is 21.3. The van der Waals surface area contributed by atoms with E-state index >= 15 is 0 Å². The molecule has 33 heavy (non-hydrogen) atoms. The van der Waals surface area contributed by atoms with E-state index < -0.39 is 0 Å². The fourth-order valence-electron chi connectivity index (χ4n) is 3.67. The summed E-state index contributed by atoms with van der Waals surface area (Å²) in [4.78, 5) is 15.3. The van der Waals surface area contributed by atoms with E-state index in [-0.39, 0.29) is 56.2 Å². The van der Waals surface area contributed by atoms with Gasteiger partial charge in [-0.15, -0.1) is 0 Å². The normalized spacial score (nSPS) is 11.6. The summed E-state index contributed by atoms with van der Waals surface area (Å²) in [5.41, 5.74) is 4.29. The molecule has 154 valence electrons. The number of aromatic nitrogens is 4. The van der Waals surface area contributed by atoms with Crippen LogP contribution in [0.25, 0.3) is 45.4 Å². The second-order valence-corrected chi connectivity index (χ2v) is 7.03. The minimum atomic E-state index is -0.0180. The Bertz CT molecular complexity index is 1720. The van der Waals surface area contributed by atoms with Gasteiger partial charge in [0.25, 0.3) is 0 Å². The Morgan fingerprint density at radius 3 is 2.03 bits per heavy atom. The molecule has 8 nitrogen and oxygen atoms in total. The molecule has 0 unspecified atom stereocenters. The maximum Gasteiger partial charge on any atom is 0.104 e. The van der Waals surface area contributed by atoms with Crippen molar-refractivity contribution in [3.05, 3.63) is 70.3 Å². The Balaban J connectivity index is 0.00000259. The van der Waals surface area contributed by atoms with Crippen molar-refractivity contribution in [1.82, 2.24) is 19.9 Å². The Kier molecular flexibility index (Phi) is 5.37. The molecule has 2 aliphatic heterocycles. The Labute approximate surface area is 197 Å². The van der Waals surface area contributed by atoms with Gasteiger partial charge in [-0.25, -0.2) is 9.97 Å². The van der Waals surface area contributed by atoms with Crippen molar-refractivity contribution in [2.45, 2.75) is 0 Å². The molecule has 0 saturated heterocycles. The molecular weight excluding hydrogens is 456 g/mol. The number of nitrogens with one attached hydrogen (secondary N) is 2. The number of fused-ring (bicyclic) bond motifs is 8. The first-order chi connectivity index (χ1) is 15.6. The van der Waals surface area contributed by atoms with Crippen LogP contribution in [0.1, 0.15) is 33.9 Å². The van der Waals surface area contributed by atoms with Crippen molar-refractivity contribution in [1.29, 1.82) is 21.0 Å². The average Bonchev–Trinajstić information content (AvgIpc) is 3.56. The topological polar surface area (TPSA) is 153 Å². The van der Waals surface area contributed by atoms with E-state index in [0.717, 1.165) is 11.0 Å². The van der Waals surface area contributed by atoms with E-state index in [2.05, 4.69) is 32.1 Å². The van der Waals surface area contributed by atoms with Gasteiger partial charge < -0.3 is 9.97 Å². The molecule has 3 aromatic heterocycles. The van der Waals surface area contributed by atoms with Gasteiger partial charge in [0.1, 0.15) is 35.5 Å². The van der Waals surface area contributed by atoms with Crippen LogP contribution in [0.5, 0.6) is 0 Å². The van der Waals surface area contributed by atoms with E-state index in [1.165, 1.54) is 0 Å². The molecule has 8 bridgehead atoms. The largest absolute Gasteiger partial charge is 0.355 e. The standard InChI is InChI=1S/C24H10N8.Fe/c25-9-13-5-18-7-16-2-1-14(29-16)6-15-3-4-17(30-15)8-22-19(10-26)20(11-27)24(32-22)21(12-28)23(13)31-18;/h1-8,29,31H;. The summed E-state index contributed by atoms with van der Waals surface area (Å²) in [5.74, 6) is 0. The number of hydrogen-bond donors (Lipinski definition) is 2. The summed E-state index contributed by atoms with van der Waals surface area (Å²) in [6.45, 7) is 0. The van der Waals surface area contributed by atoms with Crippen LogP contribution in [0, 0.1) is 45.3 Å². The van der Waals surface area contributed by atoms with Gasteiger partial charge in [0.2, 0.25) is 0 Å². The zero-order valence-corrected chi connectivity index (χ0v) is 17.8. The Hall–Kier alpha value is -4.92. The maximum atomic E-state index is 9.92. The molecule has 5 heterocycles. The molecule has 0 spiro atoms. The smallest absolute Gasteiger partial charge is 0.104 e. The Morgan fingerprint density at radius 1 is 0.667 bits per heavy atom. The van der Waals surface area contributed by atoms with Gasteiger partial charge in [-0.1, -0.05) is 0 Å². The third-order valence-electron chi connectivity index (χ3n) is 5.07. The van der Waals surface area contributed by atoms with Crippen molar-refractivity contribution < 1.29 is 17.1 Å². The van der Waals surface area contributed by atoms with E-state index in [9.17, 15) is 21.0 Å². The molecular formula is C24H10FeN8. The van der Waals surface area contributed by atoms with E-state index in [1.54, 1.807) is 24.3 Å². The van der Waals surface area contributed by atoms with Crippen molar-refractivity contribution in [3.8, 4) is 24.3 Å². The van der Waals surface area contributed by atoms with Crippen LogP contribution in [0.3, 0.4) is 0 Å². The molecule has 0 fully saturated rings. The molecule has 5 rings (SSSR count). The molecule has 0 aliphatic carbocycles. The summed E-state index contributed by atoms with van der Waals surface area (Å²) >= 11 is 0. The molecule has 0 radical (unpaired) electrons. The van der Waals surface area contributed by atoms with Crippen molar-refractivity contribution >= 4 is 45.4 Å². The molecule has 0 amide bonds. The number of allylic oxidation sites excluding steroid dienone is 2. The number of aromatic amines is 2. The number of nitriles is 4. The van der Waals surface area contributed by atoms with E-state index in [1.807, 2.05) is 36.4 Å². The first-order valence-electron chi connectivity index (χ1n) is 9.42. The molecule has 0 atom stereocenters. The van der Waals surface area contributed by atoms with Gasteiger partial charge in [0.15, 0.2) is 0 Å². The number of hydrogen-bond acceptors (Lipinski definition) is 6. The fourth-order valence-corrected chi connectivity index (χ4v) is 3.67. The molecule has 2 aliphatic rings. The van der Waals surface area contributed by atoms with Crippen molar-refractivity contribution in [2.75, 3.05) is 0 Å². The van der Waals surface area contributed by atoms with Gasteiger partial charge in [0.05, 0.1) is 39.3 Å². The molecule has 9 heteroatoms. The average molecular weight is 466 g/mol. The summed E-state index contributed by atoms with van der Waals surface area (Å²) < 4.78 is 0. The van der Waals surface area contributed by atoms with Crippen LogP contribution in [-0.4, -0.2) is 19.9 Å². The molecule has 0 aromatic carbocycles. The van der Waals surface area contributed by atoms with Gasteiger partial charge in [-0.3, -0.25) is 0 Å².